The zero-order valence-corrected chi connectivity index (χ0v) is 33.1. The Bertz CT molecular complexity index is 1110. The van der Waals surface area contributed by atoms with Crippen LogP contribution in [0.15, 0.2) is 97.2 Å². The van der Waals surface area contributed by atoms with Crippen molar-refractivity contribution in [3.05, 3.63) is 97.2 Å². The summed E-state index contributed by atoms with van der Waals surface area (Å²) in [6, 6.07) is 0. The summed E-state index contributed by atoms with van der Waals surface area (Å²) in [6.07, 6.45) is 43.9. The van der Waals surface area contributed by atoms with Crippen LogP contribution < -0.4 is 0 Å². The number of phosphoric acid groups is 1. The van der Waals surface area contributed by atoms with E-state index in [0.29, 0.717) is 12.8 Å². The highest BCUT2D eigenvalue weighted by Gasteiger charge is 2.27. The Hall–Kier alpha value is -3.11. The Morgan fingerprint density at radius 3 is 1.11 bits per heavy atom. The van der Waals surface area contributed by atoms with Gasteiger partial charge in [-0.2, -0.15) is 0 Å². The van der Waals surface area contributed by atoms with E-state index in [1.165, 1.54) is 0 Å². The molecule has 0 fully saturated rings. The van der Waals surface area contributed by atoms with E-state index in [0.717, 1.165) is 77.0 Å². The van der Waals surface area contributed by atoms with Gasteiger partial charge in [-0.3, -0.25) is 18.6 Å². The van der Waals surface area contributed by atoms with E-state index >= 15 is 0 Å². The molecule has 0 saturated heterocycles. The van der Waals surface area contributed by atoms with Gasteiger partial charge >= 0.3 is 19.8 Å². The summed E-state index contributed by atoms with van der Waals surface area (Å²) in [7, 11) is -4.66. The minimum absolute atomic E-state index is 0.130. The van der Waals surface area contributed by atoms with Gasteiger partial charge in [0.05, 0.1) is 26.4 Å². The van der Waals surface area contributed by atoms with Crippen LogP contribution in [0.25, 0.3) is 0 Å². The maximum absolute atomic E-state index is 12.3. The van der Waals surface area contributed by atoms with Crippen LogP contribution in [-0.4, -0.2) is 65.7 Å². The smallest absolute Gasteiger partial charge is 0.457 e. The highest BCUT2D eigenvalue weighted by molar-refractivity contribution is 7.47. The molecule has 0 saturated carbocycles. The number of aliphatic hydroxyl groups excluding tert-OH is 2. The topological polar surface area (TPSA) is 149 Å². The molecule has 0 aromatic carbocycles. The Balaban J connectivity index is 4.13. The van der Waals surface area contributed by atoms with Crippen molar-refractivity contribution in [2.75, 3.05) is 26.4 Å². The van der Waals surface area contributed by atoms with Crippen LogP contribution in [0.5, 0.6) is 0 Å². The van der Waals surface area contributed by atoms with Crippen molar-refractivity contribution in [3.8, 4) is 0 Å². The average Bonchev–Trinajstić information content (AvgIpc) is 3.14. The summed E-state index contributed by atoms with van der Waals surface area (Å²) in [6.45, 7) is 1.84. The minimum Gasteiger partial charge on any atom is -0.457 e. The van der Waals surface area contributed by atoms with E-state index in [1.807, 2.05) is 0 Å². The van der Waals surface area contributed by atoms with Crippen molar-refractivity contribution in [2.45, 2.75) is 129 Å². The number of hydrogen-bond acceptors (Lipinski definition) is 9. The molecule has 11 heteroatoms. The normalized spacial score (nSPS) is 15.0. The van der Waals surface area contributed by atoms with Gasteiger partial charge < -0.3 is 24.6 Å². The zero-order chi connectivity index (χ0) is 39.1. The number of esters is 2. The Labute approximate surface area is 319 Å². The standard InChI is InChI=1S/C42H67O10P/c1-3-5-7-9-11-13-15-17-19-21-23-25-27-29-31-33-41(45)51-39(35-43)37-49-53(47,48)50-38-40(36-44)52-42(46)34-32-30-28-26-24-22-20-18-16-14-12-10-8-6-4-2/h5-8,11-14,17-20,23-26,39-40,43-44H,3-4,9-10,15-16,21-22,27-38H2,1-2H3,(H,47,48)/b7-5-,8-6-,13-11-,14-12-,19-17-,20-18-,25-23-,26-24-. The van der Waals surface area contributed by atoms with E-state index in [2.05, 4.69) is 111 Å². The number of hydrogen-bond donors (Lipinski definition) is 3. The number of ether oxygens (including phenoxy) is 2. The van der Waals surface area contributed by atoms with Gasteiger partial charge in [0, 0.05) is 12.8 Å². The van der Waals surface area contributed by atoms with Gasteiger partial charge in [0.1, 0.15) is 12.2 Å². The molecule has 0 rings (SSSR count). The third-order valence-corrected chi connectivity index (χ3v) is 8.24. The highest BCUT2D eigenvalue weighted by Crippen LogP contribution is 2.43. The molecule has 10 nitrogen and oxygen atoms in total. The summed E-state index contributed by atoms with van der Waals surface area (Å²) >= 11 is 0. The van der Waals surface area contributed by atoms with E-state index in [-0.39, 0.29) is 12.8 Å². The fourth-order valence-corrected chi connectivity index (χ4v) is 5.17. The maximum atomic E-state index is 12.3. The van der Waals surface area contributed by atoms with E-state index in [9.17, 15) is 29.3 Å². The predicted octanol–water partition coefficient (Wildman–Crippen LogP) is 9.66. The van der Waals surface area contributed by atoms with Crippen molar-refractivity contribution < 1.29 is 47.8 Å². The fraction of sp³-hybridized carbons (Fsp3) is 0.571. The number of carbonyl (C=O) groups excluding carboxylic acids is 2. The predicted molar refractivity (Wildman–Crippen MR) is 214 cm³/mol. The monoisotopic (exact) mass is 762 g/mol. The molecule has 0 aromatic heterocycles. The van der Waals surface area contributed by atoms with Crippen LogP contribution in [0, 0.1) is 0 Å². The lowest BCUT2D eigenvalue weighted by Crippen LogP contribution is -2.28. The number of phosphoric ester groups is 1. The molecule has 3 N–H and O–H groups in total. The number of aliphatic hydroxyl groups is 2. The van der Waals surface area contributed by atoms with E-state index in [4.69, 9.17) is 18.5 Å². The first kappa shape index (κ1) is 49.9. The summed E-state index contributed by atoms with van der Waals surface area (Å²) in [5.41, 5.74) is 0. The van der Waals surface area contributed by atoms with Gasteiger partial charge in [0.15, 0.2) is 0 Å². The molecule has 0 bridgehead atoms. The summed E-state index contributed by atoms with van der Waals surface area (Å²) < 4.78 is 32.4. The molecule has 0 aliphatic heterocycles. The molecule has 0 aliphatic carbocycles. The third kappa shape index (κ3) is 35.7. The summed E-state index contributed by atoms with van der Waals surface area (Å²) in [5, 5.41) is 19.1. The molecule has 2 atom stereocenters. The van der Waals surface area contributed by atoms with Crippen LogP contribution >= 0.6 is 7.82 Å². The molecule has 0 spiro atoms. The lowest BCUT2D eigenvalue weighted by molar-refractivity contribution is -0.153. The molecular formula is C42H67O10P. The van der Waals surface area contributed by atoms with Crippen molar-refractivity contribution >= 4 is 19.8 Å². The Morgan fingerprint density at radius 2 is 0.811 bits per heavy atom. The highest BCUT2D eigenvalue weighted by atomic mass is 31.2. The van der Waals surface area contributed by atoms with Gasteiger partial charge in [0.2, 0.25) is 0 Å². The van der Waals surface area contributed by atoms with Crippen LogP contribution in [0.1, 0.15) is 117 Å². The number of rotatable bonds is 34. The van der Waals surface area contributed by atoms with Gasteiger partial charge in [0.25, 0.3) is 0 Å². The van der Waals surface area contributed by atoms with Crippen LogP contribution in [0.4, 0.5) is 0 Å². The third-order valence-electron chi connectivity index (χ3n) is 7.29. The van der Waals surface area contributed by atoms with Crippen molar-refractivity contribution in [3.63, 3.8) is 0 Å². The molecule has 0 radical (unpaired) electrons. The van der Waals surface area contributed by atoms with Crippen molar-refractivity contribution in [2.24, 2.45) is 0 Å². The minimum atomic E-state index is -4.66. The van der Waals surface area contributed by atoms with Gasteiger partial charge in [-0.1, -0.05) is 111 Å². The first-order valence-corrected chi connectivity index (χ1v) is 20.7. The molecule has 0 aromatic rings. The number of carbonyl (C=O) groups is 2. The summed E-state index contributed by atoms with van der Waals surface area (Å²) in [4.78, 5) is 34.4. The van der Waals surface area contributed by atoms with Gasteiger partial charge in [-0.05, 0) is 89.9 Å². The number of allylic oxidation sites excluding steroid dienone is 16. The van der Waals surface area contributed by atoms with Crippen LogP contribution in [0.2, 0.25) is 0 Å². The molecule has 53 heavy (non-hydrogen) atoms. The lowest BCUT2D eigenvalue weighted by atomic mass is 10.2. The van der Waals surface area contributed by atoms with E-state index in [1.54, 1.807) is 0 Å². The Kier molecular flexibility index (Phi) is 35.0. The quantitative estimate of drug-likeness (QED) is 0.0250. The molecule has 2 unspecified atom stereocenters. The first-order chi connectivity index (χ1) is 25.8. The maximum Gasteiger partial charge on any atom is 0.472 e. The lowest BCUT2D eigenvalue weighted by Gasteiger charge is -2.20. The molecule has 300 valence electrons. The largest absolute Gasteiger partial charge is 0.472 e. The molecule has 0 amide bonds. The summed E-state index contributed by atoms with van der Waals surface area (Å²) in [5.74, 6) is -1.12. The number of unbranched alkanes of at least 4 members (excludes halogenated alkanes) is 4. The van der Waals surface area contributed by atoms with Crippen molar-refractivity contribution in [1.82, 2.24) is 0 Å². The second-order valence-electron chi connectivity index (χ2n) is 12.1. The van der Waals surface area contributed by atoms with Crippen LogP contribution in [0.3, 0.4) is 0 Å². The fourth-order valence-electron chi connectivity index (χ4n) is 4.39. The van der Waals surface area contributed by atoms with Crippen LogP contribution in [-0.2, 0) is 32.7 Å². The SMILES string of the molecule is CC/C=C\C/C=C\C/C=C\C/C=C\CCCCC(=O)OC(CO)COP(=O)(O)OCC(CO)OC(=O)CCCC/C=C\C/C=C\C/C=C\C/C=C\CC. The Morgan fingerprint density at radius 1 is 0.509 bits per heavy atom. The molecular weight excluding hydrogens is 695 g/mol. The first-order valence-electron chi connectivity index (χ1n) is 19.2. The molecule has 0 heterocycles. The molecule has 0 aliphatic rings. The van der Waals surface area contributed by atoms with E-state index < -0.39 is 58.4 Å². The van der Waals surface area contributed by atoms with Crippen molar-refractivity contribution in [1.29, 1.82) is 0 Å². The second kappa shape index (κ2) is 37.2. The average molecular weight is 763 g/mol. The second-order valence-corrected chi connectivity index (χ2v) is 13.6. The van der Waals surface area contributed by atoms with Gasteiger partial charge in [-0.15, -0.1) is 0 Å². The van der Waals surface area contributed by atoms with Gasteiger partial charge in [-0.25, -0.2) is 4.57 Å². The zero-order valence-electron chi connectivity index (χ0n) is 32.2.